The lowest BCUT2D eigenvalue weighted by atomic mass is 10.1. The summed E-state index contributed by atoms with van der Waals surface area (Å²) in [4.78, 5) is 19.0. The fourth-order valence-electron chi connectivity index (χ4n) is 2.45. The van der Waals surface area contributed by atoms with Crippen LogP contribution in [-0.2, 0) is 0 Å². The van der Waals surface area contributed by atoms with E-state index in [1.807, 2.05) is 31.1 Å². The van der Waals surface area contributed by atoms with E-state index in [0.717, 1.165) is 17.0 Å². The molecule has 0 radical (unpaired) electrons. The minimum Gasteiger partial charge on any atom is -0.406 e. The number of carbonyl (C=O) groups is 1. The SMILES string of the molecule is CN(C)c1ccc(C(=O)c2sc(Nc3ccc(OC(F)(F)F)cc3)nc2N)cc1. The Bertz CT molecular complexity index is 1000. The molecule has 0 saturated carbocycles. The van der Waals surface area contributed by atoms with Crippen LogP contribution in [0, 0.1) is 0 Å². The Kier molecular flexibility index (Phi) is 5.64. The number of aromatic nitrogens is 1. The molecule has 0 saturated heterocycles. The average molecular weight is 422 g/mol. The number of nitrogens with zero attached hydrogens (tertiary/aromatic N) is 2. The number of anilines is 4. The predicted octanol–water partition coefficient (Wildman–Crippen LogP) is 4.66. The Hall–Kier alpha value is -3.27. The van der Waals surface area contributed by atoms with Crippen LogP contribution >= 0.6 is 11.3 Å². The average Bonchev–Trinajstić information content (AvgIpc) is 3.02. The quantitative estimate of drug-likeness (QED) is 0.562. The maximum absolute atomic E-state index is 12.7. The zero-order valence-electron chi connectivity index (χ0n) is 15.4. The molecule has 29 heavy (non-hydrogen) atoms. The normalized spacial score (nSPS) is 11.2. The van der Waals surface area contributed by atoms with Crippen LogP contribution in [0.2, 0.25) is 0 Å². The van der Waals surface area contributed by atoms with Gasteiger partial charge in [0.1, 0.15) is 16.4 Å². The van der Waals surface area contributed by atoms with Gasteiger partial charge in [-0.05, 0) is 48.5 Å². The molecule has 0 amide bonds. The van der Waals surface area contributed by atoms with E-state index in [2.05, 4.69) is 15.0 Å². The summed E-state index contributed by atoms with van der Waals surface area (Å²) in [6.07, 6.45) is -4.75. The van der Waals surface area contributed by atoms with Gasteiger partial charge in [0, 0.05) is 31.0 Å². The van der Waals surface area contributed by atoms with Crippen molar-refractivity contribution in [2.45, 2.75) is 6.36 Å². The number of hydrogen-bond donors (Lipinski definition) is 2. The number of halogens is 3. The Morgan fingerprint density at radius 3 is 2.28 bits per heavy atom. The number of hydrogen-bond acceptors (Lipinski definition) is 7. The van der Waals surface area contributed by atoms with Gasteiger partial charge in [-0.15, -0.1) is 13.2 Å². The van der Waals surface area contributed by atoms with Gasteiger partial charge in [0.2, 0.25) is 5.78 Å². The largest absolute Gasteiger partial charge is 0.573 e. The standard InChI is InChI=1S/C19H17F3N4O2S/c1-26(2)13-7-3-11(4-8-13)15(27)16-17(23)25-18(29-16)24-12-5-9-14(10-6-12)28-19(20,21)22/h3-10H,23H2,1-2H3,(H,24,25). The lowest BCUT2D eigenvalue weighted by Crippen LogP contribution is -2.16. The molecule has 1 aromatic heterocycles. The molecule has 0 bridgehead atoms. The summed E-state index contributed by atoms with van der Waals surface area (Å²) >= 11 is 1.06. The fraction of sp³-hybridized carbons (Fsp3) is 0.158. The second kappa shape index (κ2) is 8.00. The van der Waals surface area contributed by atoms with Gasteiger partial charge >= 0.3 is 6.36 Å². The summed E-state index contributed by atoms with van der Waals surface area (Å²) in [5.74, 6) is -0.512. The van der Waals surface area contributed by atoms with E-state index in [9.17, 15) is 18.0 Å². The number of nitrogens with one attached hydrogen (secondary N) is 1. The van der Waals surface area contributed by atoms with Crippen LogP contribution in [0.25, 0.3) is 0 Å². The zero-order valence-corrected chi connectivity index (χ0v) is 16.3. The van der Waals surface area contributed by atoms with Gasteiger partial charge in [-0.2, -0.15) is 0 Å². The van der Waals surface area contributed by atoms with Crippen LogP contribution in [0.5, 0.6) is 5.75 Å². The summed E-state index contributed by atoms with van der Waals surface area (Å²) in [5.41, 5.74) is 7.80. The molecule has 0 fully saturated rings. The Balaban J connectivity index is 1.73. The highest BCUT2D eigenvalue weighted by Crippen LogP contribution is 2.31. The smallest absolute Gasteiger partial charge is 0.406 e. The number of alkyl halides is 3. The molecule has 10 heteroatoms. The maximum atomic E-state index is 12.7. The third kappa shape index (κ3) is 5.17. The minimum atomic E-state index is -4.75. The van der Waals surface area contributed by atoms with Crippen molar-refractivity contribution in [3.8, 4) is 5.75 Å². The van der Waals surface area contributed by atoms with Crippen molar-refractivity contribution >= 4 is 39.4 Å². The van der Waals surface area contributed by atoms with Gasteiger partial charge in [0.15, 0.2) is 5.13 Å². The molecule has 1 heterocycles. The number of nitrogens with two attached hydrogens (primary N) is 1. The first-order chi connectivity index (χ1) is 13.6. The summed E-state index contributed by atoms with van der Waals surface area (Å²) < 4.78 is 40.5. The molecule has 0 aliphatic rings. The van der Waals surface area contributed by atoms with Gasteiger partial charge in [0.05, 0.1) is 0 Å². The molecule has 0 aliphatic heterocycles. The summed E-state index contributed by atoms with van der Waals surface area (Å²) in [7, 11) is 3.80. The molecule has 3 rings (SSSR count). The highest BCUT2D eigenvalue weighted by atomic mass is 32.1. The van der Waals surface area contributed by atoms with Crippen LogP contribution in [0.4, 0.5) is 35.5 Å². The van der Waals surface area contributed by atoms with Crippen LogP contribution in [0.1, 0.15) is 15.2 Å². The number of ketones is 1. The molecule has 0 unspecified atom stereocenters. The highest BCUT2D eigenvalue weighted by Gasteiger charge is 2.31. The first-order valence-corrected chi connectivity index (χ1v) is 9.15. The van der Waals surface area contributed by atoms with Crippen molar-refractivity contribution in [1.29, 1.82) is 0 Å². The van der Waals surface area contributed by atoms with Crippen LogP contribution in [0.15, 0.2) is 48.5 Å². The number of benzene rings is 2. The van der Waals surface area contributed by atoms with Gasteiger partial charge < -0.3 is 20.7 Å². The van der Waals surface area contributed by atoms with Crippen molar-refractivity contribution in [2.75, 3.05) is 30.0 Å². The topological polar surface area (TPSA) is 80.5 Å². The second-order valence-corrected chi connectivity index (χ2v) is 7.20. The van der Waals surface area contributed by atoms with E-state index in [4.69, 9.17) is 5.73 Å². The molecular formula is C19H17F3N4O2S. The van der Waals surface area contributed by atoms with E-state index < -0.39 is 6.36 Å². The number of nitrogen functional groups attached to an aromatic ring is 1. The Morgan fingerprint density at radius 2 is 1.72 bits per heavy atom. The van der Waals surface area contributed by atoms with Crippen LogP contribution in [0.3, 0.4) is 0 Å². The first-order valence-electron chi connectivity index (χ1n) is 8.33. The molecular weight excluding hydrogens is 405 g/mol. The summed E-state index contributed by atoms with van der Waals surface area (Å²) in [6, 6.07) is 12.2. The van der Waals surface area contributed by atoms with Crippen LogP contribution < -0.4 is 20.7 Å². The number of ether oxygens (including phenoxy) is 1. The number of rotatable bonds is 6. The number of thiazole rings is 1. The summed E-state index contributed by atoms with van der Waals surface area (Å²) in [5, 5.41) is 3.26. The molecule has 6 nitrogen and oxygen atoms in total. The van der Waals surface area contributed by atoms with Gasteiger partial charge in [-0.3, -0.25) is 4.79 Å². The number of carbonyl (C=O) groups excluding carboxylic acids is 1. The minimum absolute atomic E-state index is 0.0798. The first kappa shape index (κ1) is 20.5. The lowest BCUT2D eigenvalue weighted by Gasteiger charge is -2.12. The lowest BCUT2D eigenvalue weighted by molar-refractivity contribution is -0.274. The molecule has 3 aromatic rings. The van der Waals surface area contributed by atoms with Crippen LogP contribution in [-0.4, -0.2) is 31.2 Å². The van der Waals surface area contributed by atoms with Crippen molar-refractivity contribution in [1.82, 2.24) is 4.98 Å². The van der Waals surface area contributed by atoms with E-state index >= 15 is 0 Å². The Labute approximate surface area is 168 Å². The van der Waals surface area contributed by atoms with Gasteiger partial charge in [-0.1, -0.05) is 11.3 Å². The van der Waals surface area contributed by atoms with E-state index in [1.54, 1.807) is 12.1 Å². The van der Waals surface area contributed by atoms with E-state index in [-0.39, 0.29) is 22.2 Å². The molecule has 152 valence electrons. The predicted molar refractivity (Wildman–Crippen MR) is 107 cm³/mol. The van der Waals surface area contributed by atoms with Gasteiger partial charge in [0.25, 0.3) is 0 Å². The molecule has 0 atom stereocenters. The zero-order chi connectivity index (χ0) is 21.2. The van der Waals surface area contributed by atoms with E-state index in [1.165, 1.54) is 24.3 Å². The maximum Gasteiger partial charge on any atom is 0.573 e. The second-order valence-electron chi connectivity index (χ2n) is 6.20. The molecule has 0 aliphatic carbocycles. The summed E-state index contributed by atoms with van der Waals surface area (Å²) in [6.45, 7) is 0. The Morgan fingerprint density at radius 1 is 1.10 bits per heavy atom. The molecule has 0 spiro atoms. The third-order valence-electron chi connectivity index (χ3n) is 3.84. The van der Waals surface area contributed by atoms with Crippen molar-refractivity contribution in [3.63, 3.8) is 0 Å². The third-order valence-corrected chi connectivity index (χ3v) is 4.83. The molecule has 2 aromatic carbocycles. The van der Waals surface area contributed by atoms with Crippen molar-refractivity contribution in [3.05, 3.63) is 59.0 Å². The fourth-order valence-corrected chi connectivity index (χ4v) is 3.32. The van der Waals surface area contributed by atoms with Gasteiger partial charge in [-0.25, -0.2) is 4.98 Å². The van der Waals surface area contributed by atoms with Crippen molar-refractivity contribution in [2.24, 2.45) is 0 Å². The van der Waals surface area contributed by atoms with E-state index in [0.29, 0.717) is 16.4 Å². The highest BCUT2D eigenvalue weighted by molar-refractivity contribution is 7.18. The monoisotopic (exact) mass is 422 g/mol. The molecule has 3 N–H and O–H groups in total. The van der Waals surface area contributed by atoms with Crippen molar-refractivity contribution < 1.29 is 22.7 Å².